The van der Waals surface area contributed by atoms with E-state index in [0.717, 1.165) is 48.5 Å². The predicted octanol–water partition coefficient (Wildman–Crippen LogP) is 1.39. The van der Waals surface area contributed by atoms with Crippen LogP contribution in [-0.4, -0.2) is 55.2 Å². The van der Waals surface area contributed by atoms with Crippen LogP contribution in [0, 0.1) is 5.41 Å². The van der Waals surface area contributed by atoms with Gasteiger partial charge in [0.15, 0.2) is 5.65 Å². The van der Waals surface area contributed by atoms with E-state index in [9.17, 15) is 4.79 Å². The molecular weight excluding hydrogens is 342 g/mol. The molecule has 2 fully saturated rings. The van der Waals surface area contributed by atoms with Crippen LogP contribution in [0.2, 0.25) is 0 Å². The van der Waals surface area contributed by atoms with Crippen LogP contribution in [0.5, 0.6) is 0 Å². The summed E-state index contributed by atoms with van der Waals surface area (Å²) in [5.41, 5.74) is 1.44. The van der Waals surface area contributed by atoms with E-state index < -0.39 is 0 Å². The number of aromatic nitrogens is 5. The quantitative estimate of drug-likeness (QED) is 0.700. The average molecular weight is 363 g/mol. The molecule has 2 aliphatic rings. The fourth-order valence-corrected chi connectivity index (χ4v) is 4.36. The molecule has 2 aliphatic heterocycles. The van der Waals surface area contributed by atoms with Gasteiger partial charge in [-0.3, -0.25) is 14.5 Å². The van der Waals surface area contributed by atoms with Gasteiger partial charge in [0.25, 0.3) is 0 Å². The van der Waals surface area contributed by atoms with E-state index in [-0.39, 0.29) is 11.3 Å². The molecule has 0 bridgehead atoms. The molecule has 3 aromatic rings. The smallest absolute Gasteiger partial charge is 0.231 e. The maximum absolute atomic E-state index is 13.2. The second kappa shape index (κ2) is 6.00. The second-order valence-corrected chi connectivity index (χ2v) is 7.45. The number of fused-ring (bicyclic) bond motifs is 1. The minimum atomic E-state index is -0.311. The molecule has 0 N–H and O–H groups in total. The normalized spacial score (nSPS) is 22.5. The number of likely N-dealkylation sites (tertiary alicyclic amines) is 1. The molecule has 8 nitrogen and oxygen atoms in total. The van der Waals surface area contributed by atoms with Gasteiger partial charge in [-0.25, -0.2) is 9.97 Å². The first-order valence-electron chi connectivity index (χ1n) is 9.23. The summed E-state index contributed by atoms with van der Waals surface area (Å²) in [7, 11) is 1.88. The van der Waals surface area contributed by atoms with Gasteiger partial charge in [-0.15, -0.1) is 0 Å². The zero-order valence-corrected chi connectivity index (χ0v) is 15.2. The van der Waals surface area contributed by atoms with Gasteiger partial charge >= 0.3 is 0 Å². The molecule has 2 saturated heterocycles. The lowest BCUT2D eigenvalue weighted by molar-refractivity contribution is -0.135. The largest absolute Gasteiger partial charge is 0.355 e. The summed E-state index contributed by atoms with van der Waals surface area (Å²) in [6.07, 6.45) is 6.90. The number of hydrogen-bond acceptors (Lipinski definition) is 6. The van der Waals surface area contributed by atoms with E-state index in [1.165, 1.54) is 0 Å². The zero-order valence-electron chi connectivity index (χ0n) is 15.2. The number of hydrogen-bond donors (Lipinski definition) is 0. The van der Waals surface area contributed by atoms with Crippen molar-refractivity contribution in [3.63, 3.8) is 0 Å². The first-order chi connectivity index (χ1) is 13.2. The van der Waals surface area contributed by atoms with Crippen molar-refractivity contribution < 1.29 is 4.79 Å². The van der Waals surface area contributed by atoms with Crippen molar-refractivity contribution in [3.05, 3.63) is 42.6 Å². The van der Waals surface area contributed by atoms with Gasteiger partial charge in [-0.1, -0.05) is 6.07 Å². The van der Waals surface area contributed by atoms with Crippen LogP contribution < -0.4 is 4.90 Å². The zero-order chi connectivity index (χ0) is 18.4. The molecule has 0 aromatic carbocycles. The highest BCUT2D eigenvalue weighted by molar-refractivity contribution is 5.89. The Bertz CT molecular complexity index is 1000. The molecule has 1 unspecified atom stereocenters. The van der Waals surface area contributed by atoms with Crippen LogP contribution in [0.25, 0.3) is 11.0 Å². The molecule has 0 radical (unpaired) electrons. The summed E-state index contributed by atoms with van der Waals surface area (Å²) < 4.78 is 1.75. The number of carbonyl (C=O) groups excluding carboxylic acids is 1. The molecule has 5 heterocycles. The van der Waals surface area contributed by atoms with Crippen molar-refractivity contribution in [1.82, 2.24) is 29.6 Å². The second-order valence-electron chi connectivity index (χ2n) is 7.45. The van der Waals surface area contributed by atoms with Crippen molar-refractivity contribution in [2.75, 3.05) is 24.5 Å². The highest BCUT2D eigenvalue weighted by Crippen LogP contribution is 2.43. The highest BCUT2D eigenvalue weighted by atomic mass is 16.2. The molecule has 1 spiro atoms. The Morgan fingerprint density at radius 3 is 2.89 bits per heavy atom. The number of pyridine rings is 1. The van der Waals surface area contributed by atoms with Gasteiger partial charge in [0, 0.05) is 32.9 Å². The first-order valence-corrected chi connectivity index (χ1v) is 9.23. The van der Waals surface area contributed by atoms with Crippen molar-refractivity contribution in [2.24, 2.45) is 12.5 Å². The Hall–Kier alpha value is -3.03. The summed E-state index contributed by atoms with van der Waals surface area (Å²) in [5, 5.41) is 5.23. The number of nitrogens with zero attached hydrogens (tertiary/aromatic N) is 7. The summed E-state index contributed by atoms with van der Waals surface area (Å²) in [6, 6.07) is 5.83. The van der Waals surface area contributed by atoms with E-state index in [4.69, 9.17) is 0 Å². The number of carbonyl (C=O) groups is 1. The summed E-state index contributed by atoms with van der Waals surface area (Å²) in [5.74, 6) is 1.12. The lowest BCUT2D eigenvalue weighted by Gasteiger charge is -2.24. The number of aryl methyl sites for hydroxylation is 1. The molecule has 0 saturated carbocycles. The van der Waals surface area contributed by atoms with Crippen molar-refractivity contribution >= 4 is 22.8 Å². The van der Waals surface area contributed by atoms with Gasteiger partial charge in [-0.2, -0.15) is 5.10 Å². The molecule has 5 rings (SSSR count). The molecule has 1 amide bonds. The lowest BCUT2D eigenvalue weighted by atomic mass is 9.85. The van der Waals surface area contributed by atoms with E-state index >= 15 is 0 Å². The monoisotopic (exact) mass is 363 g/mol. The summed E-state index contributed by atoms with van der Waals surface area (Å²) in [6.45, 7) is 2.90. The van der Waals surface area contributed by atoms with Crippen LogP contribution in [-0.2, 0) is 18.4 Å². The Kier molecular flexibility index (Phi) is 3.60. The molecule has 1 atom stereocenters. The molecule has 138 valence electrons. The third-order valence-corrected chi connectivity index (χ3v) is 5.84. The van der Waals surface area contributed by atoms with Crippen LogP contribution in [0.15, 0.2) is 36.9 Å². The van der Waals surface area contributed by atoms with Crippen LogP contribution in [0.1, 0.15) is 18.5 Å². The minimum Gasteiger partial charge on any atom is -0.355 e. The molecular formula is C19H21N7O. The van der Waals surface area contributed by atoms with Gasteiger partial charge in [0.05, 0.1) is 29.2 Å². The highest BCUT2D eigenvalue weighted by Gasteiger charge is 2.51. The lowest BCUT2D eigenvalue weighted by Crippen LogP contribution is -2.37. The average Bonchev–Trinajstić information content (AvgIpc) is 3.38. The first kappa shape index (κ1) is 16.2. The Balaban J connectivity index is 1.37. The van der Waals surface area contributed by atoms with Gasteiger partial charge < -0.3 is 9.80 Å². The molecule has 27 heavy (non-hydrogen) atoms. The maximum Gasteiger partial charge on any atom is 0.231 e. The van der Waals surface area contributed by atoms with Gasteiger partial charge in [0.2, 0.25) is 5.91 Å². The molecule has 3 aromatic heterocycles. The standard InChI is InChI=1S/C19H21N7O/c1-24-16-15(10-23-24)17(22-13-21-16)26-9-6-19(12-26)5-8-25(18(19)27)11-14-4-2-3-7-20-14/h2-4,7,10,13H,5-6,8-9,11-12H2,1H3. The Labute approximate surface area is 156 Å². The van der Waals surface area contributed by atoms with Gasteiger partial charge in [-0.05, 0) is 25.0 Å². The number of anilines is 1. The predicted molar refractivity (Wildman–Crippen MR) is 99.8 cm³/mol. The van der Waals surface area contributed by atoms with Crippen molar-refractivity contribution in [3.8, 4) is 0 Å². The third kappa shape index (κ3) is 2.55. The number of rotatable bonds is 3. The Morgan fingerprint density at radius 2 is 2.04 bits per heavy atom. The fourth-order valence-electron chi connectivity index (χ4n) is 4.36. The molecule has 8 heteroatoms. The van der Waals surface area contributed by atoms with E-state index in [1.807, 2.05) is 30.1 Å². The van der Waals surface area contributed by atoms with Gasteiger partial charge in [0.1, 0.15) is 12.1 Å². The maximum atomic E-state index is 13.2. The summed E-state index contributed by atoms with van der Waals surface area (Å²) >= 11 is 0. The summed E-state index contributed by atoms with van der Waals surface area (Å²) in [4.78, 5) is 30.5. The van der Waals surface area contributed by atoms with Crippen LogP contribution in [0.4, 0.5) is 5.82 Å². The van der Waals surface area contributed by atoms with Crippen molar-refractivity contribution in [1.29, 1.82) is 0 Å². The van der Waals surface area contributed by atoms with E-state index in [2.05, 4.69) is 25.0 Å². The SMILES string of the molecule is Cn1ncc2c(N3CCC4(CCN(Cc5ccccn5)C4=O)C3)ncnc21. The minimum absolute atomic E-state index is 0.243. The Morgan fingerprint density at radius 1 is 1.15 bits per heavy atom. The van der Waals surface area contributed by atoms with E-state index in [0.29, 0.717) is 13.1 Å². The fraction of sp³-hybridized carbons (Fsp3) is 0.421. The van der Waals surface area contributed by atoms with Crippen LogP contribution in [0.3, 0.4) is 0 Å². The van der Waals surface area contributed by atoms with Crippen LogP contribution >= 0.6 is 0 Å². The topological polar surface area (TPSA) is 80.0 Å². The third-order valence-electron chi connectivity index (χ3n) is 5.84. The number of amides is 1. The van der Waals surface area contributed by atoms with E-state index in [1.54, 1.807) is 23.4 Å². The van der Waals surface area contributed by atoms with Crippen molar-refractivity contribution in [2.45, 2.75) is 19.4 Å². The molecule has 0 aliphatic carbocycles.